The Balaban J connectivity index is 2.01. The van der Waals surface area contributed by atoms with Crippen LogP contribution < -0.4 is 0 Å². The molecule has 0 saturated heterocycles. The van der Waals surface area contributed by atoms with Crippen molar-refractivity contribution < 1.29 is 0 Å². The highest BCUT2D eigenvalue weighted by Crippen LogP contribution is 2.51. The van der Waals surface area contributed by atoms with Gasteiger partial charge in [0.2, 0.25) is 0 Å². The summed E-state index contributed by atoms with van der Waals surface area (Å²) >= 11 is 0. The number of hydrogen-bond acceptors (Lipinski definition) is 0. The lowest BCUT2D eigenvalue weighted by atomic mass is 9.66. The molecular weight excluding hydrogens is 156 g/mol. The predicted octanol–water partition coefficient (Wildman–Crippen LogP) is 4.35. The van der Waals surface area contributed by atoms with Crippen LogP contribution in [0.4, 0.5) is 0 Å². The van der Waals surface area contributed by atoms with E-state index >= 15 is 0 Å². The molecule has 2 aliphatic rings. The molecule has 0 aromatic carbocycles. The van der Waals surface area contributed by atoms with Crippen LogP contribution in [-0.2, 0) is 0 Å². The first-order valence-corrected chi connectivity index (χ1v) is 6.18. The fourth-order valence-corrected chi connectivity index (χ4v) is 3.64. The molecule has 2 saturated carbocycles. The molecule has 0 amide bonds. The smallest absolute Gasteiger partial charge is 0.0241 e. The van der Waals surface area contributed by atoms with E-state index in [1.807, 2.05) is 0 Å². The Morgan fingerprint density at radius 2 is 1.54 bits per heavy atom. The van der Waals surface area contributed by atoms with Crippen molar-refractivity contribution in [2.75, 3.05) is 0 Å². The third-order valence-corrected chi connectivity index (χ3v) is 4.53. The van der Waals surface area contributed by atoms with Gasteiger partial charge in [0.05, 0.1) is 0 Å². The summed E-state index contributed by atoms with van der Waals surface area (Å²) in [7, 11) is 0. The third-order valence-electron chi connectivity index (χ3n) is 4.53. The van der Waals surface area contributed by atoms with E-state index in [0.717, 1.165) is 5.92 Å². The van der Waals surface area contributed by atoms with Crippen LogP contribution in [0.15, 0.2) is 0 Å². The summed E-state index contributed by atoms with van der Waals surface area (Å²) in [6, 6.07) is 0. The van der Waals surface area contributed by atoms with E-state index in [1.165, 1.54) is 57.8 Å². The average Bonchev–Trinajstić information content (AvgIpc) is 2.69. The molecular formula is C13H23. The van der Waals surface area contributed by atoms with Gasteiger partial charge in [-0.3, -0.25) is 0 Å². The second-order valence-electron chi connectivity index (χ2n) is 5.06. The highest BCUT2D eigenvalue weighted by atomic mass is 14.4. The third kappa shape index (κ3) is 1.78. The molecule has 0 aromatic heterocycles. The van der Waals surface area contributed by atoms with Crippen molar-refractivity contribution in [1.82, 2.24) is 0 Å². The van der Waals surface area contributed by atoms with Gasteiger partial charge in [-0.1, -0.05) is 39.0 Å². The topological polar surface area (TPSA) is 0 Å². The first-order chi connectivity index (χ1) is 6.37. The Morgan fingerprint density at radius 1 is 0.923 bits per heavy atom. The van der Waals surface area contributed by atoms with E-state index in [0.29, 0.717) is 5.41 Å². The minimum atomic E-state index is 0.681. The maximum atomic E-state index is 2.55. The van der Waals surface area contributed by atoms with E-state index in [4.69, 9.17) is 0 Å². The average molecular weight is 179 g/mol. The maximum Gasteiger partial charge on any atom is -0.0241 e. The fourth-order valence-electron chi connectivity index (χ4n) is 3.64. The molecule has 2 aliphatic carbocycles. The van der Waals surface area contributed by atoms with Gasteiger partial charge in [0, 0.05) is 0 Å². The Hall–Kier alpha value is 0. The van der Waals surface area contributed by atoms with Crippen LogP contribution in [0, 0.1) is 17.8 Å². The first kappa shape index (κ1) is 9.55. The molecule has 0 N–H and O–H groups in total. The van der Waals surface area contributed by atoms with Crippen molar-refractivity contribution in [2.24, 2.45) is 11.3 Å². The van der Waals surface area contributed by atoms with Gasteiger partial charge in [0.25, 0.3) is 0 Å². The maximum absolute atomic E-state index is 2.55. The molecule has 0 bridgehead atoms. The van der Waals surface area contributed by atoms with Gasteiger partial charge < -0.3 is 0 Å². The minimum Gasteiger partial charge on any atom is -0.0617 e. The first-order valence-electron chi connectivity index (χ1n) is 6.18. The summed E-state index contributed by atoms with van der Waals surface area (Å²) in [5.74, 6) is 1.05. The summed E-state index contributed by atoms with van der Waals surface area (Å²) in [6.07, 6.45) is 16.0. The van der Waals surface area contributed by atoms with Crippen molar-refractivity contribution in [1.29, 1.82) is 0 Å². The van der Waals surface area contributed by atoms with Crippen molar-refractivity contribution in [3.63, 3.8) is 0 Å². The second-order valence-corrected chi connectivity index (χ2v) is 5.06. The number of hydrogen-bond donors (Lipinski definition) is 0. The van der Waals surface area contributed by atoms with Gasteiger partial charge in [-0.2, -0.15) is 0 Å². The summed E-state index contributed by atoms with van der Waals surface area (Å²) < 4.78 is 0. The molecule has 1 radical (unpaired) electrons. The van der Waals surface area contributed by atoms with Gasteiger partial charge in [0.15, 0.2) is 0 Å². The van der Waals surface area contributed by atoms with Crippen LogP contribution in [0.25, 0.3) is 0 Å². The summed E-state index contributed by atoms with van der Waals surface area (Å²) in [5.41, 5.74) is 0.681. The summed E-state index contributed by atoms with van der Waals surface area (Å²) in [5, 5.41) is 0. The normalized spacial score (nSPS) is 29.3. The lowest BCUT2D eigenvalue weighted by molar-refractivity contribution is 0.158. The Labute approximate surface area is 83.1 Å². The lowest BCUT2D eigenvalue weighted by Crippen LogP contribution is -2.29. The largest absolute Gasteiger partial charge is 0.0617 e. The van der Waals surface area contributed by atoms with E-state index in [-0.39, 0.29) is 0 Å². The molecule has 0 unspecified atom stereocenters. The minimum absolute atomic E-state index is 0.681. The standard InChI is InChI=1S/C13H23/c1-2-13(10-6-7-11-13)12-8-4-3-5-9-12/h2,12H,3-11H2,1H3. The molecule has 13 heavy (non-hydrogen) atoms. The fraction of sp³-hybridized carbons (Fsp3) is 0.923. The molecule has 0 heteroatoms. The molecule has 0 atom stereocenters. The Morgan fingerprint density at radius 3 is 2.08 bits per heavy atom. The molecule has 0 heterocycles. The van der Waals surface area contributed by atoms with Crippen LogP contribution in [0.5, 0.6) is 0 Å². The number of rotatable bonds is 2. The van der Waals surface area contributed by atoms with Crippen LogP contribution in [0.1, 0.15) is 64.7 Å². The van der Waals surface area contributed by atoms with Crippen LogP contribution in [0.3, 0.4) is 0 Å². The molecule has 0 nitrogen and oxygen atoms in total. The molecule has 0 aromatic rings. The summed E-state index contributed by atoms with van der Waals surface area (Å²) in [4.78, 5) is 0. The van der Waals surface area contributed by atoms with E-state index in [9.17, 15) is 0 Å². The highest BCUT2D eigenvalue weighted by molar-refractivity contribution is 4.98. The van der Waals surface area contributed by atoms with Crippen molar-refractivity contribution in [3.05, 3.63) is 6.42 Å². The van der Waals surface area contributed by atoms with Crippen molar-refractivity contribution in [2.45, 2.75) is 64.7 Å². The summed E-state index contributed by atoms with van der Waals surface area (Å²) in [6.45, 7) is 2.31. The van der Waals surface area contributed by atoms with Gasteiger partial charge in [0.1, 0.15) is 0 Å². The quantitative estimate of drug-likeness (QED) is 0.591. The zero-order valence-corrected chi connectivity index (χ0v) is 9.02. The molecule has 75 valence electrons. The van der Waals surface area contributed by atoms with Crippen molar-refractivity contribution in [3.8, 4) is 0 Å². The molecule has 0 spiro atoms. The zero-order valence-electron chi connectivity index (χ0n) is 9.02. The van der Waals surface area contributed by atoms with Gasteiger partial charge in [-0.05, 0) is 43.4 Å². The van der Waals surface area contributed by atoms with E-state index < -0.39 is 0 Å². The van der Waals surface area contributed by atoms with Gasteiger partial charge >= 0.3 is 0 Å². The van der Waals surface area contributed by atoms with Crippen LogP contribution >= 0.6 is 0 Å². The molecule has 2 rings (SSSR count). The predicted molar refractivity (Wildman–Crippen MR) is 57.5 cm³/mol. The Bertz CT molecular complexity index is 147. The zero-order chi connectivity index (χ0) is 9.15. The Kier molecular flexibility index (Phi) is 2.96. The van der Waals surface area contributed by atoms with Crippen LogP contribution in [-0.4, -0.2) is 0 Å². The SMILES string of the molecule is C[CH]C1(C2CCCCC2)CCCC1. The highest BCUT2D eigenvalue weighted by Gasteiger charge is 2.39. The van der Waals surface area contributed by atoms with E-state index in [2.05, 4.69) is 13.3 Å². The van der Waals surface area contributed by atoms with Crippen molar-refractivity contribution >= 4 is 0 Å². The second kappa shape index (κ2) is 4.02. The van der Waals surface area contributed by atoms with E-state index in [1.54, 1.807) is 0 Å². The molecule has 0 aliphatic heterocycles. The van der Waals surface area contributed by atoms with Gasteiger partial charge in [-0.25, -0.2) is 0 Å². The molecule has 2 fully saturated rings. The lowest BCUT2D eigenvalue weighted by Gasteiger charge is -2.39. The van der Waals surface area contributed by atoms with Crippen LogP contribution in [0.2, 0.25) is 0 Å². The van der Waals surface area contributed by atoms with Gasteiger partial charge in [-0.15, -0.1) is 0 Å². The monoisotopic (exact) mass is 179 g/mol.